The number of Topliss-reactive ketones (excluding diaryl/α,β-unsaturated/α-hetero) is 1. The van der Waals surface area contributed by atoms with Crippen molar-refractivity contribution < 1.29 is 33.6 Å². The first-order valence-electron chi connectivity index (χ1n) is 15.8. The Balaban J connectivity index is 2.11. The molecule has 1 heterocycles. The van der Waals surface area contributed by atoms with E-state index in [2.05, 4.69) is 26.6 Å². The Labute approximate surface area is 271 Å². The minimum atomic E-state index is -1.20. The Bertz CT molecular complexity index is 1240. The van der Waals surface area contributed by atoms with Gasteiger partial charge in [0.2, 0.25) is 23.5 Å². The molecular weight excluding hydrogens is 592 g/mol. The highest BCUT2D eigenvalue weighted by atomic mass is 16.2. The maximum atomic E-state index is 13.8. The van der Waals surface area contributed by atoms with Gasteiger partial charge in [-0.15, -0.1) is 0 Å². The van der Waals surface area contributed by atoms with E-state index in [1.807, 2.05) is 52.8 Å². The molecule has 1 aliphatic heterocycles. The Morgan fingerprint density at radius 2 is 1.67 bits per heavy atom. The Hall–Kier alpha value is -4.29. The highest BCUT2D eigenvalue weighted by Crippen LogP contribution is 2.33. The van der Waals surface area contributed by atoms with Crippen LogP contribution in [0.3, 0.4) is 0 Å². The molecule has 1 fully saturated rings. The molecule has 2 aliphatic rings. The lowest BCUT2D eigenvalue weighted by Crippen LogP contribution is -2.60. The summed E-state index contributed by atoms with van der Waals surface area (Å²) in [7, 11) is 1.44. The van der Waals surface area contributed by atoms with Crippen molar-refractivity contribution in [2.75, 3.05) is 20.1 Å². The molecule has 6 atom stereocenters. The van der Waals surface area contributed by atoms with Crippen molar-refractivity contribution in [3.63, 3.8) is 0 Å². The van der Waals surface area contributed by atoms with Crippen LogP contribution in [0.15, 0.2) is 36.5 Å². The van der Waals surface area contributed by atoms with Gasteiger partial charge in [-0.1, -0.05) is 78.0 Å². The summed E-state index contributed by atoms with van der Waals surface area (Å²) >= 11 is 0. The van der Waals surface area contributed by atoms with Crippen LogP contribution in [0.2, 0.25) is 0 Å². The molecule has 6 amide bonds. The van der Waals surface area contributed by atoms with Gasteiger partial charge >= 0.3 is 6.03 Å². The van der Waals surface area contributed by atoms with Crippen LogP contribution in [0.25, 0.3) is 0 Å². The monoisotopic (exact) mass is 642 g/mol. The number of aldehydes is 1. The minimum Gasteiger partial charge on any atom is -0.344 e. The van der Waals surface area contributed by atoms with E-state index in [1.165, 1.54) is 11.9 Å². The third-order valence-electron chi connectivity index (χ3n) is 8.24. The second-order valence-electron chi connectivity index (χ2n) is 13.0. The van der Waals surface area contributed by atoms with Crippen molar-refractivity contribution >= 4 is 41.7 Å². The number of carbonyl (C=O) groups excluding carboxylic acids is 7. The Morgan fingerprint density at radius 1 is 0.978 bits per heavy atom. The third kappa shape index (κ3) is 10.4. The lowest BCUT2D eigenvalue weighted by Gasteiger charge is -2.37. The van der Waals surface area contributed by atoms with Crippen LogP contribution in [-0.2, 0) is 28.8 Å². The first-order chi connectivity index (χ1) is 21.7. The quantitative estimate of drug-likeness (QED) is 0.113. The van der Waals surface area contributed by atoms with E-state index < -0.39 is 71.6 Å². The molecule has 2 rings (SSSR count). The van der Waals surface area contributed by atoms with Crippen LogP contribution >= 0.6 is 0 Å². The Morgan fingerprint density at radius 3 is 2.26 bits per heavy atom. The van der Waals surface area contributed by atoms with Gasteiger partial charge in [-0.2, -0.15) is 0 Å². The molecule has 13 heteroatoms. The molecule has 13 nitrogen and oxygen atoms in total. The van der Waals surface area contributed by atoms with E-state index in [4.69, 9.17) is 0 Å². The lowest BCUT2D eigenvalue weighted by molar-refractivity contribution is -0.145. The van der Waals surface area contributed by atoms with Gasteiger partial charge in [0, 0.05) is 19.5 Å². The SMILES string of the molecule is CCC(NC(=O)C1[C@@H](C(C)C)CCN1C(=O)C(NC(=O)NC)C(C)(C)C)C(=O)C(=O)NCC(=O)NC(C=O)C1C=C/C=C\C/C=C\1. The summed E-state index contributed by atoms with van der Waals surface area (Å²) in [5, 5.41) is 12.6. The molecule has 1 aliphatic carbocycles. The van der Waals surface area contributed by atoms with E-state index in [9.17, 15) is 33.6 Å². The summed E-state index contributed by atoms with van der Waals surface area (Å²) in [6.07, 6.45) is 12.9. The fraction of sp³-hybridized carbons (Fsp3) is 0.606. The van der Waals surface area contributed by atoms with Crippen LogP contribution < -0.4 is 26.6 Å². The molecule has 254 valence electrons. The van der Waals surface area contributed by atoms with Gasteiger partial charge in [0.05, 0.1) is 18.6 Å². The standard InChI is InChI=1S/C33H50N6O7/c1-8-23(27(42)30(44)35-18-25(41)36-24(19-40)21-14-12-10-9-11-13-15-21)37-29(43)26-22(20(2)3)16-17-39(26)31(45)28(33(4,5)6)38-32(46)34-7/h9-10,12-15,19-24,26,28H,8,11,16-18H2,1-7H3,(H,35,44)(H,36,41)(H,37,43)(H2,34,38,46)/b10-9-,14-12?,15-13-/t21?,22-,23?,24?,26?,28?/m1/s1. The van der Waals surface area contributed by atoms with Crippen molar-refractivity contribution in [3.05, 3.63) is 36.5 Å². The van der Waals surface area contributed by atoms with Crippen LogP contribution in [0.5, 0.6) is 0 Å². The fourth-order valence-corrected chi connectivity index (χ4v) is 5.56. The van der Waals surface area contributed by atoms with Gasteiger partial charge in [-0.3, -0.25) is 24.0 Å². The maximum absolute atomic E-state index is 13.8. The van der Waals surface area contributed by atoms with Crippen LogP contribution in [0.4, 0.5) is 4.79 Å². The minimum absolute atomic E-state index is 0.0196. The lowest BCUT2D eigenvalue weighted by atomic mass is 9.84. The first kappa shape index (κ1) is 37.9. The number of allylic oxidation sites excluding steroid dienone is 4. The van der Waals surface area contributed by atoms with Gasteiger partial charge < -0.3 is 36.3 Å². The maximum Gasteiger partial charge on any atom is 0.315 e. The summed E-state index contributed by atoms with van der Waals surface area (Å²) in [5.41, 5.74) is -0.668. The molecule has 0 aromatic rings. The topological polar surface area (TPSA) is 183 Å². The molecule has 0 aromatic heterocycles. The normalized spacial score (nSPS) is 22.7. The number of likely N-dealkylation sites (tertiary alicyclic amines) is 1. The molecule has 5 unspecified atom stereocenters. The van der Waals surface area contributed by atoms with Gasteiger partial charge in [-0.25, -0.2) is 4.79 Å². The molecule has 46 heavy (non-hydrogen) atoms. The molecule has 1 saturated heterocycles. The average molecular weight is 643 g/mol. The summed E-state index contributed by atoms with van der Waals surface area (Å²) in [6, 6.07) is -4.45. The van der Waals surface area contributed by atoms with E-state index in [-0.39, 0.29) is 30.7 Å². The van der Waals surface area contributed by atoms with Crippen LogP contribution in [0.1, 0.15) is 60.8 Å². The number of hydrogen-bond donors (Lipinski definition) is 5. The molecular formula is C33H50N6O7. The van der Waals surface area contributed by atoms with Crippen LogP contribution in [0, 0.1) is 23.2 Å². The van der Waals surface area contributed by atoms with Crippen LogP contribution in [-0.4, -0.2) is 90.9 Å². The molecule has 0 aromatic carbocycles. The summed E-state index contributed by atoms with van der Waals surface area (Å²) in [5.74, 6) is -4.25. The van der Waals surface area contributed by atoms with Gasteiger partial charge in [-0.05, 0) is 36.5 Å². The number of amides is 6. The molecule has 0 spiro atoms. The Kier molecular flexibility index (Phi) is 14.3. The summed E-state index contributed by atoms with van der Waals surface area (Å²) < 4.78 is 0. The number of rotatable bonds is 13. The van der Waals surface area contributed by atoms with Crippen molar-refractivity contribution in [1.82, 2.24) is 31.5 Å². The van der Waals surface area contributed by atoms with Crippen molar-refractivity contribution in [1.29, 1.82) is 0 Å². The zero-order chi connectivity index (χ0) is 34.6. The smallest absolute Gasteiger partial charge is 0.315 e. The second-order valence-corrected chi connectivity index (χ2v) is 13.0. The number of nitrogens with zero attached hydrogens (tertiary/aromatic N) is 1. The van der Waals surface area contributed by atoms with E-state index >= 15 is 0 Å². The largest absolute Gasteiger partial charge is 0.344 e. The predicted molar refractivity (Wildman–Crippen MR) is 173 cm³/mol. The van der Waals surface area contributed by atoms with Gasteiger partial charge in [0.25, 0.3) is 5.91 Å². The third-order valence-corrected chi connectivity index (χ3v) is 8.24. The highest BCUT2D eigenvalue weighted by Gasteiger charge is 2.47. The van der Waals surface area contributed by atoms with E-state index in [1.54, 1.807) is 25.2 Å². The predicted octanol–water partition coefficient (Wildman–Crippen LogP) is 1.16. The van der Waals surface area contributed by atoms with E-state index in [0.29, 0.717) is 19.1 Å². The molecule has 0 radical (unpaired) electrons. The zero-order valence-corrected chi connectivity index (χ0v) is 27.9. The number of nitrogens with one attached hydrogen (secondary N) is 5. The van der Waals surface area contributed by atoms with Crippen molar-refractivity contribution in [3.8, 4) is 0 Å². The van der Waals surface area contributed by atoms with Crippen molar-refractivity contribution in [2.24, 2.45) is 23.2 Å². The fourth-order valence-electron chi connectivity index (χ4n) is 5.56. The summed E-state index contributed by atoms with van der Waals surface area (Å²) in [6.45, 7) is 10.7. The average Bonchev–Trinajstić information content (AvgIpc) is 3.44. The highest BCUT2D eigenvalue weighted by molar-refractivity contribution is 6.38. The van der Waals surface area contributed by atoms with Gasteiger partial charge in [0.1, 0.15) is 18.4 Å². The molecule has 5 N–H and O–H groups in total. The number of carbonyl (C=O) groups is 7. The summed E-state index contributed by atoms with van der Waals surface area (Å²) in [4.78, 5) is 91.2. The van der Waals surface area contributed by atoms with Gasteiger partial charge in [0.15, 0.2) is 0 Å². The number of ketones is 1. The zero-order valence-electron chi connectivity index (χ0n) is 27.9. The second kappa shape index (κ2) is 17.4. The number of urea groups is 1. The molecule has 0 bridgehead atoms. The number of hydrogen-bond acceptors (Lipinski definition) is 7. The van der Waals surface area contributed by atoms with E-state index in [0.717, 1.165) is 0 Å². The van der Waals surface area contributed by atoms with Crippen molar-refractivity contribution in [2.45, 2.75) is 85.0 Å². The first-order valence-corrected chi connectivity index (χ1v) is 15.8. The molecule has 0 saturated carbocycles.